The third-order valence-corrected chi connectivity index (χ3v) is 5.16. The number of carboxylic acid groups (broad SMARTS) is 1. The average Bonchev–Trinajstić information content (AvgIpc) is 3.14. The van der Waals surface area contributed by atoms with Gasteiger partial charge in [-0.25, -0.2) is 4.79 Å². The van der Waals surface area contributed by atoms with Gasteiger partial charge in [0.15, 0.2) is 0 Å². The molecule has 2 aliphatic heterocycles. The minimum Gasteiger partial charge on any atom is -0.475 e. The maximum Gasteiger partial charge on any atom is 0.490 e. The summed E-state index contributed by atoms with van der Waals surface area (Å²) in [4.78, 5) is 11.5. The van der Waals surface area contributed by atoms with E-state index in [0.29, 0.717) is 12.0 Å². The van der Waals surface area contributed by atoms with Gasteiger partial charge in [-0.05, 0) is 31.2 Å². The van der Waals surface area contributed by atoms with Gasteiger partial charge in [-0.1, -0.05) is 0 Å². The number of hydrogen-bond donors (Lipinski definition) is 1. The maximum atomic E-state index is 10.6. The Hall–Kier alpha value is -1.65. The Morgan fingerprint density at radius 1 is 1.25 bits per heavy atom. The van der Waals surface area contributed by atoms with E-state index in [1.165, 1.54) is 18.5 Å². The summed E-state index contributed by atoms with van der Waals surface area (Å²) in [6.07, 6.45) is 0.717. The molecule has 1 N–H and O–H groups in total. The molecular formula is C18H26F3N3O4. The average molecular weight is 405 g/mol. The summed E-state index contributed by atoms with van der Waals surface area (Å²) in [5.41, 5.74) is 1.33. The Labute approximate surface area is 161 Å². The Morgan fingerprint density at radius 2 is 1.96 bits per heavy atom. The van der Waals surface area contributed by atoms with Crippen LogP contribution in [0.5, 0.6) is 0 Å². The van der Waals surface area contributed by atoms with E-state index in [9.17, 15) is 13.2 Å². The summed E-state index contributed by atoms with van der Waals surface area (Å²) in [5.74, 6) is -1.38. The van der Waals surface area contributed by atoms with Crippen LogP contribution in [0.25, 0.3) is 0 Å². The zero-order chi connectivity index (χ0) is 20.1. The molecule has 3 aliphatic rings. The van der Waals surface area contributed by atoms with Crippen molar-refractivity contribution >= 4 is 5.97 Å². The molecule has 2 unspecified atom stereocenters. The van der Waals surface area contributed by atoms with Crippen molar-refractivity contribution in [1.29, 1.82) is 0 Å². The second-order valence-electron chi connectivity index (χ2n) is 7.60. The first-order valence-corrected chi connectivity index (χ1v) is 9.53. The predicted molar refractivity (Wildman–Crippen MR) is 92.6 cm³/mol. The number of carbonyl (C=O) groups is 1. The normalized spacial score (nSPS) is 25.5. The van der Waals surface area contributed by atoms with Crippen LogP contribution < -0.4 is 0 Å². The smallest absolute Gasteiger partial charge is 0.475 e. The zero-order valence-corrected chi connectivity index (χ0v) is 15.6. The molecule has 158 valence electrons. The van der Waals surface area contributed by atoms with E-state index in [-0.39, 0.29) is 0 Å². The van der Waals surface area contributed by atoms with Crippen LogP contribution in [0.15, 0.2) is 12.3 Å². The highest BCUT2D eigenvalue weighted by Crippen LogP contribution is 2.29. The van der Waals surface area contributed by atoms with Gasteiger partial charge in [-0.3, -0.25) is 9.58 Å². The summed E-state index contributed by atoms with van der Waals surface area (Å²) in [5, 5.41) is 11.6. The van der Waals surface area contributed by atoms with E-state index in [0.717, 1.165) is 58.4 Å². The molecule has 2 fully saturated rings. The third kappa shape index (κ3) is 6.18. The Kier molecular flexibility index (Phi) is 6.95. The highest BCUT2D eigenvalue weighted by atomic mass is 19.4. The molecule has 7 nitrogen and oxygen atoms in total. The van der Waals surface area contributed by atoms with Crippen LogP contribution in [0.3, 0.4) is 0 Å². The molecule has 1 saturated carbocycles. The summed E-state index contributed by atoms with van der Waals surface area (Å²) in [7, 11) is 0. The van der Waals surface area contributed by atoms with Crippen molar-refractivity contribution in [3.63, 3.8) is 0 Å². The van der Waals surface area contributed by atoms with Crippen molar-refractivity contribution in [2.24, 2.45) is 11.8 Å². The fraction of sp³-hybridized carbons (Fsp3) is 0.778. The zero-order valence-electron chi connectivity index (χ0n) is 15.6. The lowest BCUT2D eigenvalue weighted by Crippen LogP contribution is -2.38. The van der Waals surface area contributed by atoms with Crippen molar-refractivity contribution in [3.05, 3.63) is 18.0 Å². The molecule has 0 aromatic carbocycles. The minimum atomic E-state index is -5.08. The largest absolute Gasteiger partial charge is 0.490 e. The molecule has 4 rings (SSSR count). The highest BCUT2D eigenvalue weighted by Gasteiger charge is 2.38. The number of aromatic nitrogens is 2. The number of carboxylic acids is 1. The van der Waals surface area contributed by atoms with Crippen molar-refractivity contribution in [2.45, 2.75) is 44.6 Å². The molecule has 1 saturated heterocycles. The second kappa shape index (κ2) is 9.23. The van der Waals surface area contributed by atoms with E-state index in [2.05, 4.69) is 20.7 Å². The molecule has 0 amide bonds. The Balaban J connectivity index is 0.000000279. The van der Waals surface area contributed by atoms with Crippen LogP contribution in [-0.2, 0) is 27.4 Å². The van der Waals surface area contributed by atoms with Gasteiger partial charge in [0.2, 0.25) is 0 Å². The monoisotopic (exact) mass is 405 g/mol. The molecule has 10 heteroatoms. The van der Waals surface area contributed by atoms with E-state index in [4.69, 9.17) is 19.4 Å². The van der Waals surface area contributed by atoms with Gasteiger partial charge >= 0.3 is 12.1 Å². The van der Waals surface area contributed by atoms with Crippen molar-refractivity contribution < 1.29 is 32.5 Å². The molecule has 0 bridgehead atoms. The first-order chi connectivity index (χ1) is 13.3. The highest BCUT2D eigenvalue weighted by molar-refractivity contribution is 5.73. The van der Waals surface area contributed by atoms with Gasteiger partial charge in [-0.2, -0.15) is 18.3 Å². The maximum absolute atomic E-state index is 10.6. The van der Waals surface area contributed by atoms with Crippen LogP contribution >= 0.6 is 0 Å². The Morgan fingerprint density at radius 3 is 2.57 bits per heavy atom. The summed E-state index contributed by atoms with van der Waals surface area (Å²) < 4.78 is 45.4. The lowest BCUT2D eigenvalue weighted by atomic mass is 10.1. The first-order valence-electron chi connectivity index (χ1n) is 9.53. The fourth-order valence-electron chi connectivity index (χ4n) is 3.44. The molecule has 1 aromatic heterocycles. The number of hydrogen-bond acceptors (Lipinski definition) is 5. The van der Waals surface area contributed by atoms with Crippen LogP contribution in [-0.4, -0.2) is 70.9 Å². The molecule has 3 heterocycles. The van der Waals surface area contributed by atoms with Crippen molar-refractivity contribution in [2.75, 3.05) is 33.0 Å². The first kappa shape index (κ1) is 21.1. The van der Waals surface area contributed by atoms with Crippen LogP contribution in [0, 0.1) is 11.8 Å². The number of nitrogens with zero attached hydrogens (tertiary/aromatic N) is 3. The van der Waals surface area contributed by atoms with Gasteiger partial charge in [-0.15, -0.1) is 0 Å². The number of aliphatic carboxylic acids is 1. The summed E-state index contributed by atoms with van der Waals surface area (Å²) in [6.45, 7) is 6.67. The SMILES string of the molecule is O=C(O)C(F)(F)F.c1cc2n(n1)CC(COCC1CC1)CN(C1CCOC1)C2. The molecule has 0 spiro atoms. The van der Waals surface area contributed by atoms with Gasteiger partial charge in [0.05, 0.1) is 18.9 Å². The van der Waals surface area contributed by atoms with Crippen LogP contribution in [0.4, 0.5) is 13.2 Å². The van der Waals surface area contributed by atoms with Gasteiger partial charge < -0.3 is 14.6 Å². The van der Waals surface area contributed by atoms with Crippen LogP contribution in [0.2, 0.25) is 0 Å². The fourth-order valence-corrected chi connectivity index (χ4v) is 3.44. The molecule has 1 aromatic rings. The molecule has 1 aliphatic carbocycles. The summed E-state index contributed by atoms with van der Waals surface area (Å²) >= 11 is 0. The summed E-state index contributed by atoms with van der Waals surface area (Å²) in [6, 6.07) is 2.72. The lowest BCUT2D eigenvalue weighted by molar-refractivity contribution is -0.192. The standard InChI is InChI=1S/C16H25N3O2.C2HF3O2/c1-2-13(1)10-21-11-14-7-18(16-4-6-20-12-16)9-15-3-5-17-19(15)8-14;3-2(4,5)1(6)7/h3,5,13-14,16H,1-2,4,6-12H2;(H,6,7). The molecule has 28 heavy (non-hydrogen) atoms. The predicted octanol–water partition coefficient (Wildman–Crippen LogP) is 2.16. The van der Waals surface area contributed by atoms with Crippen molar-refractivity contribution in [1.82, 2.24) is 14.7 Å². The number of fused-ring (bicyclic) bond motifs is 1. The van der Waals surface area contributed by atoms with E-state index in [1.807, 2.05) is 6.20 Å². The van der Waals surface area contributed by atoms with Gasteiger partial charge in [0.25, 0.3) is 0 Å². The van der Waals surface area contributed by atoms with Gasteiger partial charge in [0, 0.05) is 51.0 Å². The number of alkyl halides is 3. The van der Waals surface area contributed by atoms with E-state index < -0.39 is 12.1 Å². The molecule has 2 atom stereocenters. The third-order valence-electron chi connectivity index (χ3n) is 5.16. The quantitative estimate of drug-likeness (QED) is 0.809. The van der Waals surface area contributed by atoms with E-state index >= 15 is 0 Å². The van der Waals surface area contributed by atoms with Crippen molar-refractivity contribution in [3.8, 4) is 0 Å². The van der Waals surface area contributed by atoms with Gasteiger partial charge in [0.1, 0.15) is 0 Å². The number of rotatable bonds is 5. The number of ether oxygens (including phenoxy) is 2. The topological polar surface area (TPSA) is 76.8 Å². The Bertz CT molecular complexity index is 642. The lowest BCUT2D eigenvalue weighted by Gasteiger charge is -2.28. The molecule has 0 radical (unpaired) electrons. The minimum absolute atomic E-state index is 0.533. The molecular weight excluding hydrogens is 379 g/mol. The number of halogens is 3. The van der Waals surface area contributed by atoms with Crippen LogP contribution in [0.1, 0.15) is 25.0 Å². The second-order valence-corrected chi connectivity index (χ2v) is 7.60. The van der Waals surface area contributed by atoms with E-state index in [1.54, 1.807) is 0 Å².